The number of nitrogens with zero attached hydrogens (tertiary/aromatic N) is 1. The molecule has 2 N–H and O–H groups in total. The van der Waals surface area contributed by atoms with E-state index in [1.54, 1.807) is 12.1 Å². The van der Waals surface area contributed by atoms with Gasteiger partial charge < -0.3 is 10.6 Å². The van der Waals surface area contributed by atoms with Gasteiger partial charge in [-0.1, -0.05) is 6.92 Å². The highest BCUT2D eigenvalue weighted by atomic mass is 19.1. The van der Waals surface area contributed by atoms with Gasteiger partial charge in [0.05, 0.1) is 0 Å². The molecule has 0 spiro atoms. The summed E-state index contributed by atoms with van der Waals surface area (Å²) in [6.07, 6.45) is 3.16. The molecular formula is C15H23FN2. The van der Waals surface area contributed by atoms with Crippen molar-refractivity contribution in [3.05, 3.63) is 29.6 Å². The van der Waals surface area contributed by atoms with Crippen LogP contribution in [0.25, 0.3) is 0 Å². The van der Waals surface area contributed by atoms with Crippen LogP contribution < -0.4 is 10.6 Å². The Kier molecular flexibility index (Phi) is 4.23. The van der Waals surface area contributed by atoms with Crippen molar-refractivity contribution >= 4 is 5.69 Å². The zero-order valence-electron chi connectivity index (χ0n) is 11.3. The summed E-state index contributed by atoms with van der Waals surface area (Å²) in [4.78, 5) is 2.41. The van der Waals surface area contributed by atoms with Gasteiger partial charge in [-0.3, -0.25) is 0 Å². The maximum atomic E-state index is 13.3. The van der Waals surface area contributed by atoms with Gasteiger partial charge in [0.1, 0.15) is 5.82 Å². The van der Waals surface area contributed by atoms with Crippen molar-refractivity contribution in [3.63, 3.8) is 0 Å². The van der Waals surface area contributed by atoms with Crippen molar-refractivity contribution in [3.8, 4) is 0 Å². The van der Waals surface area contributed by atoms with Gasteiger partial charge in [-0.15, -0.1) is 0 Å². The monoisotopic (exact) mass is 250 g/mol. The molecule has 1 heterocycles. The average Bonchev–Trinajstić information content (AvgIpc) is 2.31. The van der Waals surface area contributed by atoms with Gasteiger partial charge in [0, 0.05) is 18.3 Å². The Morgan fingerprint density at radius 2 is 2.17 bits per heavy atom. The third-order valence-corrected chi connectivity index (χ3v) is 3.90. The highest BCUT2D eigenvalue weighted by molar-refractivity contribution is 5.55. The molecule has 1 aromatic rings. The van der Waals surface area contributed by atoms with Crippen LogP contribution in [0.3, 0.4) is 0 Å². The summed E-state index contributed by atoms with van der Waals surface area (Å²) in [7, 11) is 0. The largest absolute Gasteiger partial charge is 0.369 e. The number of anilines is 1. The molecule has 0 bridgehead atoms. The molecule has 0 aliphatic carbocycles. The first-order valence-electron chi connectivity index (χ1n) is 6.87. The predicted octanol–water partition coefficient (Wildman–Crippen LogP) is 2.95. The lowest BCUT2D eigenvalue weighted by Crippen LogP contribution is -2.40. The maximum absolute atomic E-state index is 13.3. The van der Waals surface area contributed by atoms with E-state index in [1.165, 1.54) is 18.5 Å². The third-order valence-electron chi connectivity index (χ3n) is 3.90. The lowest BCUT2D eigenvalue weighted by molar-refractivity contribution is 0.377. The molecule has 2 nitrogen and oxygen atoms in total. The number of benzene rings is 1. The standard InChI is InChI=1S/C15H23FN2/c1-11-6-8-18(12(2)9-11)15-4-3-14(16)10-13(15)5-7-17/h3-4,10-12H,5-9,17H2,1-2H3. The van der Waals surface area contributed by atoms with Crippen molar-refractivity contribution in [1.82, 2.24) is 0 Å². The number of halogens is 1. The number of rotatable bonds is 3. The van der Waals surface area contributed by atoms with Gasteiger partial charge in [0.25, 0.3) is 0 Å². The Morgan fingerprint density at radius 1 is 1.39 bits per heavy atom. The van der Waals surface area contributed by atoms with E-state index in [0.717, 1.165) is 24.4 Å². The van der Waals surface area contributed by atoms with Gasteiger partial charge in [-0.05, 0) is 62.4 Å². The van der Waals surface area contributed by atoms with Crippen molar-refractivity contribution in [2.45, 2.75) is 39.2 Å². The van der Waals surface area contributed by atoms with E-state index < -0.39 is 0 Å². The smallest absolute Gasteiger partial charge is 0.123 e. The number of nitrogens with two attached hydrogens (primary N) is 1. The second kappa shape index (κ2) is 5.70. The summed E-state index contributed by atoms with van der Waals surface area (Å²) in [6, 6.07) is 5.62. The molecule has 0 aromatic heterocycles. The minimum Gasteiger partial charge on any atom is -0.369 e. The van der Waals surface area contributed by atoms with Crippen LogP contribution in [0, 0.1) is 11.7 Å². The fourth-order valence-electron chi connectivity index (χ4n) is 2.96. The Hall–Kier alpha value is -1.09. The van der Waals surface area contributed by atoms with Gasteiger partial charge >= 0.3 is 0 Å². The summed E-state index contributed by atoms with van der Waals surface area (Å²) in [6.45, 7) is 6.19. The molecule has 0 saturated carbocycles. The van der Waals surface area contributed by atoms with Crippen LogP contribution in [0.1, 0.15) is 32.3 Å². The quantitative estimate of drug-likeness (QED) is 0.893. The van der Waals surface area contributed by atoms with Gasteiger partial charge in [0.2, 0.25) is 0 Å². The number of piperidine rings is 1. The fourth-order valence-corrected chi connectivity index (χ4v) is 2.96. The number of hydrogen-bond donors (Lipinski definition) is 1. The minimum atomic E-state index is -0.166. The van der Waals surface area contributed by atoms with E-state index in [0.29, 0.717) is 12.6 Å². The van der Waals surface area contributed by atoms with E-state index in [-0.39, 0.29) is 5.82 Å². The van der Waals surface area contributed by atoms with Crippen LogP contribution in [-0.2, 0) is 6.42 Å². The molecule has 18 heavy (non-hydrogen) atoms. The Balaban J connectivity index is 2.26. The SMILES string of the molecule is CC1CCN(c2ccc(F)cc2CCN)C(C)C1. The molecule has 2 unspecified atom stereocenters. The molecule has 1 saturated heterocycles. The molecule has 100 valence electrons. The van der Waals surface area contributed by atoms with E-state index >= 15 is 0 Å². The first kappa shape index (κ1) is 13.3. The van der Waals surface area contributed by atoms with Crippen LogP contribution in [0.4, 0.5) is 10.1 Å². The van der Waals surface area contributed by atoms with E-state index in [1.807, 2.05) is 6.07 Å². The first-order valence-corrected chi connectivity index (χ1v) is 6.87. The first-order chi connectivity index (χ1) is 8.61. The molecular weight excluding hydrogens is 227 g/mol. The highest BCUT2D eigenvalue weighted by Gasteiger charge is 2.24. The normalized spacial score (nSPS) is 24.3. The van der Waals surface area contributed by atoms with Crippen LogP contribution in [-0.4, -0.2) is 19.1 Å². The van der Waals surface area contributed by atoms with Crippen molar-refractivity contribution < 1.29 is 4.39 Å². The molecule has 1 fully saturated rings. The molecule has 2 rings (SSSR count). The fraction of sp³-hybridized carbons (Fsp3) is 0.600. The Labute approximate surface area is 109 Å². The number of hydrogen-bond acceptors (Lipinski definition) is 2. The van der Waals surface area contributed by atoms with Crippen molar-refractivity contribution in [2.24, 2.45) is 11.7 Å². The molecule has 0 radical (unpaired) electrons. The third kappa shape index (κ3) is 2.83. The summed E-state index contributed by atoms with van der Waals surface area (Å²) in [5, 5.41) is 0. The van der Waals surface area contributed by atoms with Crippen LogP contribution in [0.2, 0.25) is 0 Å². The molecule has 1 aliphatic heterocycles. The second-order valence-electron chi connectivity index (χ2n) is 5.48. The summed E-state index contributed by atoms with van der Waals surface area (Å²) in [5.74, 6) is 0.620. The van der Waals surface area contributed by atoms with Gasteiger partial charge in [0.15, 0.2) is 0 Å². The van der Waals surface area contributed by atoms with Crippen molar-refractivity contribution in [2.75, 3.05) is 18.0 Å². The van der Waals surface area contributed by atoms with Crippen LogP contribution >= 0.6 is 0 Å². The topological polar surface area (TPSA) is 29.3 Å². The lowest BCUT2D eigenvalue weighted by atomic mass is 9.92. The van der Waals surface area contributed by atoms with Gasteiger partial charge in [-0.25, -0.2) is 4.39 Å². The summed E-state index contributed by atoms with van der Waals surface area (Å²) in [5.41, 5.74) is 7.83. The van der Waals surface area contributed by atoms with E-state index in [9.17, 15) is 4.39 Å². The second-order valence-corrected chi connectivity index (χ2v) is 5.48. The Morgan fingerprint density at radius 3 is 2.83 bits per heavy atom. The predicted molar refractivity (Wildman–Crippen MR) is 74.4 cm³/mol. The molecule has 1 aromatic carbocycles. The molecule has 1 aliphatic rings. The summed E-state index contributed by atoms with van der Waals surface area (Å²) >= 11 is 0. The Bertz CT molecular complexity index is 405. The van der Waals surface area contributed by atoms with E-state index in [4.69, 9.17) is 5.73 Å². The van der Waals surface area contributed by atoms with Gasteiger partial charge in [-0.2, -0.15) is 0 Å². The average molecular weight is 250 g/mol. The molecule has 3 heteroatoms. The molecule has 0 amide bonds. The van der Waals surface area contributed by atoms with Crippen molar-refractivity contribution in [1.29, 1.82) is 0 Å². The summed E-state index contributed by atoms with van der Waals surface area (Å²) < 4.78 is 13.3. The van der Waals surface area contributed by atoms with E-state index in [2.05, 4.69) is 18.7 Å². The highest BCUT2D eigenvalue weighted by Crippen LogP contribution is 2.30. The zero-order valence-corrected chi connectivity index (χ0v) is 11.3. The lowest BCUT2D eigenvalue weighted by Gasteiger charge is -2.39. The minimum absolute atomic E-state index is 0.166. The zero-order chi connectivity index (χ0) is 13.1. The maximum Gasteiger partial charge on any atom is 0.123 e. The van der Waals surface area contributed by atoms with Crippen LogP contribution in [0.5, 0.6) is 0 Å². The van der Waals surface area contributed by atoms with Crippen LogP contribution in [0.15, 0.2) is 18.2 Å². The molecule has 2 atom stereocenters.